The van der Waals surface area contributed by atoms with Crippen LogP contribution in [0.4, 0.5) is 0 Å². The number of aliphatic imine (C=N–C) groups is 1. The summed E-state index contributed by atoms with van der Waals surface area (Å²) in [5.41, 5.74) is 0. The van der Waals surface area contributed by atoms with Crippen LogP contribution in [-0.2, 0) is 0 Å². The lowest BCUT2D eigenvalue weighted by molar-refractivity contribution is 0.223. The van der Waals surface area contributed by atoms with Crippen LogP contribution < -0.4 is 10.6 Å². The number of rotatable bonds is 8. The summed E-state index contributed by atoms with van der Waals surface area (Å²) in [5.74, 6) is 3.01. The Morgan fingerprint density at radius 1 is 1.24 bits per heavy atom. The number of halogens is 1. The molecular formula is C15H33IN4S. The molecule has 21 heavy (non-hydrogen) atoms. The van der Waals surface area contributed by atoms with Gasteiger partial charge in [0.1, 0.15) is 0 Å². The van der Waals surface area contributed by atoms with E-state index in [1.807, 2.05) is 11.8 Å². The number of likely N-dealkylation sites (tertiary alicyclic amines) is 1. The lowest BCUT2D eigenvalue weighted by atomic mass is 9.97. The van der Waals surface area contributed by atoms with Crippen molar-refractivity contribution in [3.05, 3.63) is 0 Å². The van der Waals surface area contributed by atoms with Crippen LogP contribution in [0.3, 0.4) is 0 Å². The summed E-state index contributed by atoms with van der Waals surface area (Å²) in [6.07, 6.45) is 7.24. The lowest BCUT2D eigenvalue weighted by Crippen LogP contribution is -2.38. The molecule has 1 aliphatic heterocycles. The molecule has 0 aromatic rings. The molecule has 1 saturated heterocycles. The van der Waals surface area contributed by atoms with Crippen molar-refractivity contribution in [3.63, 3.8) is 0 Å². The number of thioether (sulfide) groups is 1. The summed E-state index contributed by atoms with van der Waals surface area (Å²) >= 11 is 1.92. The molecule has 0 aliphatic carbocycles. The van der Waals surface area contributed by atoms with Crippen LogP contribution >= 0.6 is 35.7 Å². The third-order valence-corrected chi connectivity index (χ3v) is 4.45. The van der Waals surface area contributed by atoms with E-state index in [0.29, 0.717) is 0 Å². The van der Waals surface area contributed by atoms with Gasteiger partial charge in [-0.15, -0.1) is 24.0 Å². The maximum atomic E-state index is 4.75. The predicted molar refractivity (Wildman–Crippen MR) is 107 cm³/mol. The third-order valence-electron chi connectivity index (χ3n) is 3.76. The quantitative estimate of drug-likeness (QED) is 0.270. The number of hydrogen-bond acceptors (Lipinski definition) is 3. The molecule has 0 unspecified atom stereocenters. The maximum Gasteiger partial charge on any atom is 0.191 e. The zero-order valence-electron chi connectivity index (χ0n) is 13.9. The molecule has 0 amide bonds. The van der Waals surface area contributed by atoms with Crippen LogP contribution in [0.1, 0.15) is 32.6 Å². The molecular weight excluding hydrogens is 395 g/mol. The molecule has 4 nitrogen and oxygen atoms in total. The van der Waals surface area contributed by atoms with E-state index in [9.17, 15) is 0 Å². The smallest absolute Gasteiger partial charge is 0.191 e. The summed E-state index contributed by atoms with van der Waals surface area (Å²) < 4.78 is 0. The Hall–Kier alpha value is 0.310. The molecule has 2 N–H and O–H groups in total. The van der Waals surface area contributed by atoms with Gasteiger partial charge in [-0.2, -0.15) is 11.8 Å². The highest BCUT2D eigenvalue weighted by atomic mass is 127. The number of piperidine rings is 1. The number of hydrogen-bond donors (Lipinski definition) is 2. The fraction of sp³-hybridized carbons (Fsp3) is 0.933. The molecule has 0 spiro atoms. The summed E-state index contributed by atoms with van der Waals surface area (Å²) in [5, 5.41) is 6.79. The molecule has 0 saturated carbocycles. The van der Waals surface area contributed by atoms with Crippen LogP contribution in [0, 0.1) is 5.92 Å². The molecule has 1 aliphatic rings. The Morgan fingerprint density at radius 2 is 1.95 bits per heavy atom. The first kappa shape index (κ1) is 21.3. The zero-order chi connectivity index (χ0) is 14.6. The number of nitrogens with zero attached hydrogens (tertiary/aromatic N) is 2. The van der Waals surface area contributed by atoms with Crippen LogP contribution in [0.15, 0.2) is 4.99 Å². The average molecular weight is 428 g/mol. The minimum atomic E-state index is 0. The Morgan fingerprint density at radius 3 is 2.57 bits per heavy atom. The van der Waals surface area contributed by atoms with Crippen molar-refractivity contribution in [2.45, 2.75) is 32.6 Å². The first-order valence-corrected chi connectivity index (χ1v) is 9.35. The third kappa shape index (κ3) is 10.6. The van der Waals surface area contributed by atoms with E-state index in [0.717, 1.165) is 31.5 Å². The number of guanidine groups is 1. The predicted octanol–water partition coefficient (Wildman–Crippen LogP) is 2.64. The van der Waals surface area contributed by atoms with Crippen LogP contribution in [0.2, 0.25) is 0 Å². The lowest BCUT2D eigenvalue weighted by Gasteiger charge is -2.28. The van der Waals surface area contributed by atoms with Gasteiger partial charge in [-0.05, 0) is 70.7 Å². The molecule has 1 fully saturated rings. The fourth-order valence-electron chi connectivity index (χ4n) is 2.38. The molecule has 1 heterocycles. The number of nitrogens with one attached hydrogen (secondary N) is 2. The molecule has 0 aromatic carbocycles. The highest BCUT2D eigenvalue weighted by Gasteiger charge is 2.16. The maximum absolute atomic E-state index is 4.75. The first-order valence-electron chi connectivity index (χ1n) is 7.96. The molecule has 0 atom stereocenters. The largest absolute Gasteiger partial charge is 0.357 e. The summed E-state index contributed by atoms with van der Waals surface area (Å²) in [6, 6.07) is 0. The summed E-state index contributed by atoms with van der Waals surface area (Å²) in [6.45, 7) is 7.50. The molecule has 6 heteroatoms. The van der Waals surface area contributed by atoms with Gasteiger partial charge in [-0.3, -0.25) is 4.99 Å². The molecule has 0 radical (unpaired) electrons. The number of unbranched alkanes of at least 4 members (excludes halogenated alkanes) is 1. The molecule has 126 valence electrons. The van der Waals surface area contributed by atoms with E-state index in [4.69, 9.17) is 4.99 Å². The monoisotopic (exact) mass is 428 g/mol. The Balaban J connectivity index is 0.00000400. The Kier molecular flexibility index (Phi) is 14.1. The molecule has 0 bridgehead atoms. The van der Waals surface area contributed by atoms with Gasteiger partial charge in [-0.25, -0.2) is 0 Å². The van der Waals surface area contributed by atoms with Crippen molar-refractivity contribution in [2.24, 2.45) is 10.9 Å². The second kappa shape index (κ2) is 13.9. The van der Waals surface area contributed by atoms with E-state index in [1.54, 1.807) is 0 Å². The average Bonchev–Trinajstić information content (AvgIpc) is 2.46. The van der Waals surface area contributed by atoms with E-state index in [2.05, 4.69) is 35.8 Å². The molecule has 0 aromatic heterocycles. The topological polar surface area (TPSA) is 39.7 Å². The van der Waals surface area contributed by atoms with E-state index < -0.39 is 0 Å². The van der Waals surface area contributed by atoms with E-state index >= 15 is 0 Å². The van der Waals surface area contributed by atoms with E-state index in [1.165, 1.54) is 44.5 Å². The van der Waals surface area contributed by atoms with Crippen molar-refractivity contribution in [1.29, 1.82) is 0 Å². The van der Waals surface area contributed by atoms with Crippen LogP contribution in [0.5, 0.6) is 0 Å². The van der Waals surface area contributed by atoms with Gasteiger partial charge in [0.15, 0.2) is 5.96 Å². The van der Waals surface area contributed by atoms with Gasteiger partial charge in [0.2, 0.25) is 0 Å². The normalized spacial score (nSPS) is 17.4. The summed E-state index contributed by atoms with van der Waals surface area (Å²) in [4.78, 5) is 7.16. The minimum absolute atomic E-state index is 0. The molecule has 1 rings (SSSR count). The fourth-order valence-corrected chi connectivity index (χ4v) is 2.88. The van der Waals surface area contributed by atoms with Gasteiger partial charge >= 0.3 is 0 Å². The second-order valence-electron chi connectivity index (χ2n) is 5.59. The van der Waals surface area contributed by atoms with Crippen LogP contribution in [0.25, 0.3) is 0 Å². The standard InChI is InChI=1S/C15H32N4S.HI/c1-4-16-15(17-9-5-6-12-20-3)18-13-14-7-10-19(2)11-8-14;/h14H,4-13H2,1-3H3,(H2,16,17,18);1H. The second-order valence-corrected chi connectivity index (χ2v) is 6.58. The highest BCUT2D eigenvalue weighted by Crippen LogP contribution is 2.15. The summed E-state index contributed by atoms with van der Waals surface area (Å²) in [7, 11) is 2.21. The Bertz CT molecular complexity index is 268. The van der Waals surface area contributed by atoms with Gasteiger partial charge in [0.05, 0.1) is 0 Å². The first-order chi connectivity index (χ1) is 9.76. The van der Waals surface area contributed by atoms with Crippen LogP contribution in [-0.4, -0.2) is 62.6 Å². The van der Waals surface area contributed by atoms with Crippen molar-refractivity contribution in [2.75, 3.05) is 51.8 Å². The van der Waals surface area contributed by atoms with Gasteiger partial charge in [0, 0.05) is 19.6 Å². The van der Waals surface area contributed by atoms with Gasteiger partial charge in [0.25, 0.3) is 0 Å². The SMILES string of the molecule is CCNC(=NCC1CCN(C)CC1)NCCCCSC.I. The zero-order valence-corrected chi connectivity index (χ0v) is 17.0. The minimum Gasteiger partial charge on any atom is -0.357 e. The van der Waals surface area contributed by atoms with Gasteiger partial charge < -0.3 is 15.5 Å². The van der Waals surface area contributed by atoms with Crippen molar-refractivity contribution < 1.29 is 0 Å². The van der Waals surface area contributed by atoms with Crippen molar-refractivity contribution >= 4 is 41.7 Å². The van der Waals surface area contributed by atoms with Crippen molar-refractivity contribution in [1.82, 2.24) is 15.5 Å². The van der Waals surface area contributed by atoms with Crippen molar-refractivity contribution in [3.8, 4) is 0 Å². The van der Waals surface area contributed by atoms with Gasteiger partial charge in [-0.1, -0.05) is 0 Å². The Labute approximate surface area is 152 Å². The highest BCUT2D eigenvalue weighted by molar-refractivity contribution is 14.0. The van der Waals surface area contributed by atoms with E-state index in [-0.39, 0.29) is 24.0 Å².